The maximum absolute atomic E-state index is 3.56. The van der Waals surface area contributed by atoms with Gasteiger partial charge in [-0.2, -0.15) is 0 Å². The highest BCUT2D eigenvalue weighted by Crippen LogP contribution is 1.72. The quantitative estimate of drug-likeness (QED) is 0.412. The predicted octanol–water partition coefficient (Wildman–Crippen LogP) is 1.30. The number of nitrogens with one attached hydrogen (secondary N) is 1. The standard InChI is InChI=1S/C6H11N/c1-3-5-6-7-4-2/h3-4,7H,1-2,5-6H2. The molecule has 0 aliphatic heterocycles. The zero-order valence-corrected chi connectivity index (χ0v) is 4.48. The Kier molecular flexibility index (Phi) is 4.74. The van der Waals surface area contributed by atoms with Crippen molar-refractivity contribution < 1.29 is 0 Å². The fraction of sp³-hybridized carbons (Fsp3) is 0.333. The summed E-state index contributed by atoms with van der Waals surface area (Å²) >= 11 is 0. The second kappa shape index (κ2) is 5.28. The Balaban J connectivity index is 2.68. The molecule has 40 valence electrons. The summed E-state index contributed by atoms with van der Waals surface area (Å²) in [6.07, 6.45) is 4.56. The topological polar surface area (TPSA) is 12.0 Å². The van der Waals surface area contributed by atoms with Crippen LogP contribution in [-0.4, -0.2) is 6.54 Å². The average molecular weight is 97.2 g/mol. The third-order valence-electron chi connectivity index (χ3n) is 0.637. The Hall–Kier alpha value is -0.720. The summed E-state index contributed by atoms with van der Waals surface area (Å²) in [5.41, 5.74) is 0. The minimum Gasteiger partial charge on any atom is -0.391 e. The van der Waals surface area contributed by atoms with Crippen molar-refractivity contribution in [2.24, 2.45) is 0 Å². The fourth-order valence-electron chi connectivity index (χ4n) is 0.287. The van der Waals surface area contributed by atoms with Crippen molar-refractivity contribution in [3.63, 3.8) is 0 Å². The van der Waals surface area contributed by atoms with Gasteiger partial charge in [0.05, 0.1) is 0 Å². The summed E-state index contributed by atoms with van der Waals surface area (Å²) < 4.78 is 0. The van der Waals surface area contributed by atoms with Crippen molar-refractivity contribution in [2.45, 2.75) is 6.42 Å². The molecule has 0 saturated heterocycles. The van der Waals surface area contributed by atoms with Crippen LogP contribution >= 0.6 is 0 Å². The highest BCUT2D eigenvalue weighted by molar-refractivity contribution is 4.70. The molecule has 0 fully saturated rings. The van der Waals surface area contributed by atoms with Crippen LogP contribution < -0.4 is 5.32 Å². The van der Waals surface area contributed by atoms with Crippen molar-refractivity contribution >= 4 is 0 Å². The van der Waals surface area contributed by atoms with Gasteiger partial charge in [0.25, 0.3) is 0 Å². The van der Waals surface area contributed by atoms with Gasteiger partial charge in [0, 0.05) is 6.54 Å². The van der Waals surface area contributed by atoms with Gasteiger partial charge in [-0.25, -0.2) is 0 Å². The molecule has 0 aromatic rings. The average Bonchev–Trinajstić information content (AvgIpc) is 1.69. The minimum absolute atomic E-state index is 0.951. The predicted molar refractivity (Wildman–Crippen MR) is 33.0 cm³/mol. The molecular formula is C6H11N. The van der Waals surface area contributed by atoms with Crippen molar-refractivity contribution in [1.29, 1.82) is 0 Å². The molecule has 0 spiro atoms. The van der Waals surface area contributed by atoms with E-state index >= 15 is 0 Å². The van der Waals surface area contributed by atoms with Crippen LogP contribution in [0.2, 0.25) is 0 Å². The van der Waals surface area contributed by atoms with Crippen LogP contribution in [0, 0.1) is 0 Å². The second-order valence-corrected chi connectivity index (χ2v) is 1.24. The molecule has 0 unspecified atom stereocenters. The SMILES string of the molecule is C=CCCNC=C. The highest BCUT2D eigenvalue weighted by atomic mass is 14.8. The normalized spacial score (nSPS) is 7.43. The molecule has 7 heavy (non-hydrogen) atoms. The Morgan fingerprint density at radius 1 is 1.43 bits per heavy atom. The van der Waals surface area contributed by atoms with E-state index in [9.17, 15) is 0 Å². The van der Waals surface area contributed by atoms with Crippen LogP contribution in [-0.2, 0) is 0 Å². The summed E-state index contributed by atoms with van der Waals surface area (Å²) in [6, 6.07) is 0. The van der Waals surface area contributed by atoms with Crippen molar-refractivity contribution in [2.75, 3.05) is 6.54 Å². The van der Waals surface area contributed by atoms with Gasteiger partial charge in [0.1, 0.15) is 0 Å². The first-order chi connectivity index (χ1) is 3.41. The van der Waals surface area contributed by atoms with Crippen molar-refractivity contribution in [1.82, 2.24) is 5.32 Å². The molecule has 0 amide bonds. The molecule has 0 bridgehead atoms. The van der Waals surface area contributed by atoms with Gasteiger partial charge in [-0.3, -0.25) is 0 Å². The molecule has 1 heteroatoms. The maximum atomic E-state index is 3.56. The molecule has 0 rings (SSSR count). The van der Waals surface area contributed by atoms with E-state index in [4.69, 9.17) is 0 Å². The fourth-order valence-corrected chi connectivity index (χ4v) is 0.287. The van der Waals surface area contributed by atoms with E-state index in [0.717, 1.165) is 13.0 Å². The lowest BCUT2D eigenvalue weighted by Crippen LogP contribution is -2.03. The molecule has 1 nitrogen and oxygen atoms in total. The molecule has 0 aliphatic rings. The van der Waals surface area contributed by atoms with Crippen LogP contribution in [0.4, 0.5) is 0 Å². The molecule has 0 heterocycles. The third-order valence-corrected chi connectivity index (χ3v) is 0.637. The van der Waals surface area contributed by atoms with Crippen LogP contribution in [0.3, 0.4) is 0 Å². The van der Waals surface area contributed by atoms with E-state index in [1.165, 1.54) is 0 Å². The van der Waals surface area contributed by atoms with Crippen LogP contribution in [0.1, 0.15) is 6.42 Å². The zero-order chi connectivity index (χ0) is 5.54. The summed E-state index contributed by atoms with van der Waals surface area (Å²) in [5, 5.41) is 2.94. The largest absolute Gasteiger partial charge is 0.391 e. The Morgan fingerprint density at radius 3 is 2.57 bits per heavy atom. The maximum Gasteiger partial charge on any atom is 0.0175 e. The number of hydrogen-bond acceptors (Lipinski definition) is 1. The smallest absolute Gasteiger partial charge is 0.0175 e. The van der Waals surface area contributed by atoms with Crippen LogP contribution in [0.15, 0.2) is 25.4 Å². The Labute approximate surface area is 44.7 Å². The first-order valence-corrected chi connectivity index (χ1v) is 2.37. The van der Waals surface area contributed by atoms with E-state index in [0.29, 0.717) is 0 Å². The van der Waals surface area contributed by atoms with Crippen LogP contribution in [0.25, 0.3) is 0 Å². The van der Waals surface area contributed by atoms with Gasteiger partial charge in [-0.05, 0) is 12.6 Å². The summed E-state index contributed by atoms with van der Waals surface area (Å²) in [7, 11) is 0. The zero-order valence-electron chi connectivity index (χ0n) is 4.48. The molecule has 0 aromatic carbocycles. The lowest BCUT2D eigenvalue weighted by Gasteiger charge is -1.90. The summed E-state index contributed by atoms with van der Waals surface area (Å²) in [4.78, 5) is 0. The van der Waals surface area contributed by atoms with Gasteiger partial charge >= 0.3 is 0 Å². The molecule has 0 saturated carbocycles. The van der Waals surface area contributed by atoms with E-state index in [1.807, 2.05) is 6.08 Å². The van der Waals surface area contributed by atoms with Gasteiger partial charge in [-0.15, -0.1) is 6.58 Å². The van der Waals surface area contributed by atoms with E-state index in [1.54, 1.807) is 6.20 Å². The van der Waals surface area contributed by atoms with E-state index in [2.05, 4.69) is 18.5 Å². The van der Waals surface area contributed by atoms with E-state index < -0.39 is 0 Å². The van der Waals surface area contributed by atoms with E-state index in [-0.39, 0.29) is 0 Å². The van der Waals surface area contributed by atoms with Gasteiger partial charge < -0.3 is 5.32 Å². The molecule has 0 aromatic heterocycles. The highest BCUT2D eigenvalue weighted by Gasteiger charge is 1.70. The van der Waals surface area contributed by atoms with Gasteiger partial charge in [-0.1, -0.05) is 12.7 Å². The molecular weight excluding hydrogens is 86.1 g/mol. The van der Waals surface area contributed by atoms with Gasteiger partial charge in [0.2, 0.25) is 0 Å². The molecule has 0 aliphatic carbocycles. The lowest BCUT2D eigenvalue weighted by atomic mass is 10.4. The van der Waals surface area contributed by atoms with Crippen LogP contribution in [0.5, 0.6) is 0 Å². The molecule has 1 N–H and O–H groups in total. The van der Waals surface area contributed by atoms with Crippen molar-refractivity contribution in [3.8, 4) is 0 Å². The second-order valence-electron chi connectivity index (χ2n) is 1.24. The molecule has 0 radical (unpaired) electrons. The monoisotopic (exact) mass is 97.1 g/mol. The molecule has 0 atom stereocenters. The summed E-state index contributed by atoms with van der Waals surface area (Å²) in [6.45, 7) is 8.00. The first-order valence-electron chi connectivity index (χ1n) is 2.37. The summed E-state index contributed by atoms with van der Waals surface area (Å²) in [5.74, 6) is 0. The number of hydrogen-bond donors (Lipinski definition) is 1. The Morgan fingerprint density at radius 2 is 2.14 bits per heavy atom. The third kappa shape index (κ3) is 5.28. The van der Waals surface area contributed by atoms with Crippen molar-refractivity contribution in [3.05, 3.63) is 25.4 Å². The lowest BCUT2D eigenvalue weighted by molar-refractivity contribution is 0.855. The minimum atomic E-state index is 0.951. The van der Waals surface area contributed by atoms with Gasteiger partial charge in [0.15, 0.2) is 0 Å². The first kappa shape index (κ1) is 6.28. The number of rotatable bonds is 4. The Bertz CT molecular complexity index is 49.2.